The van der Waals surface area contributed by atoms with Gasteiger partial charge in [-0.2, -0.15) is 0 Å². The molecular formula is C25H22F2N4O. The van der Waals surface area contributed by atoms with E-state index in [2.05, 4.69) is 19.9 Å². The minimum Gasteiger partial charge on any atom is -0.370 e. The molecule has 1 aliphatic heterocycles. The van der Waals surface area contributed by atoms with Crippen LogP contribution in [0, 0.1) is 25.5 Å². The number of hydrogen-bond acceptors (Lipinski definition) is 5. The molecule has 0 spiro atoms. The monoisotopic (exact) mass is 432 g/mol. The lowest BCUT2D eigenvalue weighted by molar-refractivity contribution is 0.0397. The highest BCUT2D eigenvalue weighted by atomic mass is 19.1. The number of ether oxygens (including phenoxy) is 1. The van der Waals surface area contributed by atoms with Crippen molar-refractivity contribution < 1.29 is 13.5 Å². The molecule has 5 nitrogen and oxygen atoms in total. The van der Waals surface area contributed by atoms with E-state index in [0.717, 1.165) is 33.9 Å². The summed E-state index contributed by atoms with van der Waals surface area (Å²) >= 11 is 0. The molecule has 0 saturated carbocycles. The highest BCUT2D eigenvalue weighted by molar-refractivity contribution is 5.97. The van der Waals surface area contributed by atoms with Crippen LogP contribution in [-0.2, 0) is 4.74 Å². The second-order valence-electron chi connectivity index (χ2n) is 8.00. The molecule has 5 rings (SSSR count). The lowest BCUT2D eigenvalue weighted by Crippen LogP contribution is -2.38. The van der Waals surface area contributed by atoms with Crippen LogP contribution in [-0.4, -0.2) is 34.6 Å². The minimum atomic E-state index is -0.615. The Balaban J connectivity index is 1.59. The van der Waals surface area contributed by atoms with Crippen molar-refractivity contribution in [3.8, 4) is 11.1 Å². The molecule has 1 saturated heterocycles. The van der Waals surface area contributed by atoms with Crippen LogP contribution in [0.2, 0.25) is 0 Å². The molecule has 32 heavy (non-hydrogen) atoms. The third-order valence-electron chi connectivity index (χ3n) is 5.75. The topological polar surface area (TPSA) is 51.1 Å². The van der Waals surface area contributed by atoms with Crippen LogP contribution >= 0.6 is 0 Å². The van der Waals surface area contributed by atoms with Gasteiger partial charge in [0.2, 0.25) is 0 Å². The van der Waals surface area contributed by atoms with Gasteiger partial charge in [0.15, 0.2) is 0 Å². The summed E-state index contributed by atoms with van der Waals surface area (Å²) in [6, 6.07) is 11.6. The van der Waals surface area contributed by atoms with Crippen LogP contribution in [0.15, 0.2) is 54.9 Å². The van der Waals surface area contributed by atoms with Crippen molar-refractivity contribution in [3.63, 3.8) is 0 Å². The van der Waals surface area contributed by atoms with Gasteiger partial charge in [-0.15, -0.1) is 0 Å². The third kappa shape index (κ3) is 3.91. The Kier molecular flexibility index (Phi) is 5.27. The average Bonchev–Trinajstić information content (AvgIpc) is 2.78. The van der Waals surface area contributed by atoms with Crippen LogP contribution in [0.5, 0.6) is 0 Å². The first-order valence-corrected chi connectivity index (χ1v) is 10.5. The second kappa shape index (κ2) is 8.24. The molecule has 0 aliphatic carbocycles. The number of morpholine rings is 1. The lowest BCUT2D eigenvalue weighted by atomic mass is 9.99. The average molecular weight is 432 g/mol. The van der Waals surface area contributed by atoms with E-state index >= 15 is 0 Å². The Morgan fingerprint density at radius 2 is 1.88 bits per heavy atom. The van der Waals surface area contributed by atoms with Crippen molar-refractivity contribution in [1.82, 2.24) is 15.0 Å². The summed E-state index contributed by atoms with van der Waals surface area (Å²) in [5.74, 6) is -0.592. The summed E-state index contributed by atoms with van der Waals surface area (Å²) in [7, 11) is 0. The zero-order valence-electron chi connectivity index (χ0n) is 17.8. The maximum Gasteiger partial charge on any atom is 0.133 e. The summed E-state index contributed by atoms with van der Waals surface area (Å²) < 4.78 is 34.3. The van der Waals surface area contributed by atoms with Gasteiger partial charge in [-0.1, -0.05) is 0 Å². The zero-order valence-corrected chi connectivity index (χ0v) is 17.8. The minimum absolute atomic E-state index is 0.0979. The predicted octanol–water partition coefficient (Wildman–Crippen LogP) is 5.16. The van der Waals surface area contributed by atoms with E-state index < -0.39 is 11.6 Å². The van der Waals surface area contributed by atoms with E-state index in [1.54, 1.807) is 12.4 Å². The number of rotatable bonds is 3. The van der Waals surface area contributed by atoms with Crippen LogP contribution in [0.4, 0.5) is 14.5 Å². The molecule has 2 aromatic heterocycles. The third-order valence-corrected chi connectivity index (χ3v) is 5.75. The number of aromatic nitrogens is 3. The van der Waals surface area contributed by atoms with Gasteiger partial charge in [0.05, 0.1) is 12.1 Å². The van der Waals surface area contributed by atoms with Crippen molar-refractivity contribution >= 4 is 16.6 Å². The zero-order chi connectivity index (χ0) is 22.2. The molecule has 3 heterocycles. The maximum absolute atomic E-state index is 14.7. The van der Waals surface area contributed by atoms with E-state index in [1.807, 2.05) is 38.1 Å². The highest BCUT2D eigenvalue weighted by Crippen LogP contribution is 2.36. The van der Waals surface area contributed by atoms with Crippen molar-refractivity contribution in [3.05, 3.63) is 83.6 Å². The molecule has 0 bridgehead atoms. The van der Waals surface area contributed by atoms with E-state index in [4.69, 9.17) is 4.74 Å². The number of benzene rings is 2. The molecule has 162 valence electrons. The maximum atomic E-state index is 14.7. The fourth-order valence-corrected chi connectivity index (χ4v) is 4.18. The van der Waals surface area contributed by atoms with Crippen LogP contribution in [0.25, 0.3) is 22.0 Å². The molecular weight excluding hydrogens is 410 g/mol. The van der Waals surface area contributed by atoms with Crippen LogP contribution < -0.4 is 4.90 Å². The van der Waals surface area contributed by atoms with Crippen molar-refractivity contribution in [2.75, 3.05) is 24.6 Å². The molecule has 0 unspecified atom stereocenters. The number of halogens is 2. The van der Waals surface area contributed by atoms with Crippen LogP contribution in [0.3, 0.4) is 0 Å². The van der Waals surface area contributed by atoms with Gasteiger partial charge >= 0.3 is 0 Å². The fourth-order valence-electron chi connectivity index (χ4n) is 4.18. The van der Waals surface area contributed by atoms with E-state index in [9.17, 15) is 8.78 Å². The Labute approximate surface area is 184 Å². The molecule has 2 aromatic carbocycles. The number of fused-ring (bicyclic) bond motifs is 1. The second-order valence-corrected chi connectivity index (χ2v) is 8.00. The quantitative estimate of drug-likeness (QED) is 0.447. The normalized spacial score (nSPS) is 16.5. The molecule has 0 N–H and O–H groups in total. The summed E-state index contributed by atoms with van der Waals surface area (Å²) in [5.41, 5.74) is 4.60. The number of aryl methyl sites for hydroxylation is 2. The van der Waals surface area contributed by atoms with Gasteiger partial charge in [0.1, 0.15) is 23.6 Å². The number of hydrogen-bond donors (Lipinski definition) is 0. The molecule has 1 aliphatic rings. The molecule has 0 amide bonds. The van der Waals surface area contributed by atoms with Gasteiger partial charge in [-0.3, -0.25) is 4.98 Å². The standard InChI is InChI=1S/C25H22F2N4O/c1-15-9-17(5-6-28-15)25-14-31(7-8-32-25)19-11-21(20-4-3-18(26)10-23(20)27)22-13-29-16(2)30-24(22)12-19/h3-6,9-13,25H,7-8,14H2,1-2H3/t25-/m1/s1. The van der Waals surface area contributed by atoms with E-state index in [0.29, 0.717) is 36.6 Å². The number of nitrogens with zero attached hydrogens (tertiary/aromatic N) is 4. The number of pyridine rings is 1. The summed E-state index contributed by atoms with van der Waals surface area (Å²) in [6.07, 6.45) is 3.39. The lowest BCUT2D eigenvalue weighted by Gasteiger charge is -2.35. The summed E-state index contributed by atoms with van der Waals surface area (Å²) in [5, 5.41) is 0.722. The van der Waals surface area contributed by atoms with Crippen molar-refractivity contribution in [1.29, 1.82) is 0 Å². The van der Waals surface area contributed by atoms with Gasteiger partial charge in [0.25, 0.3) is 0 Å². The summed E-state index contributed by atoms with van der Waals surface area (Å²) in [4.78, 5) is 15.4. The first-order valence-electron chi connectivity index (χ1n) is 10.5. The molecule has 1 fully saturated rings. The van der Waals surface area contributed by atoms with Crippen LogP contribution in [0.1, 0.15) is 23.2 Å². The Bertz CT molecular complexity index is 1310. The van der Waals surface area contributed by atoms with Gasteiger partial charge in [0, 0.05) is 53.9 Å². The van der Waals surface area contributed by atoms with E-state index in [1.165, 1.54) is 12.1 Å². The van der Waals surface area contributed by atoms with Crippen molar-refractivity contribution in [2.45, 2.75) is 20.0 Å². The van der Waals surface area contributed by atoms with Gasteiger partial charge < -0.3 is 9.64 Å². The van der Waals surface area contributed by atoms with E-state index in [-0.39, 0.29) is 6.10 Å². The van der Waals surface area contributed by atoms with Crippen molar-refractivity contribution in [2.24, 2.45) is 0 Å². The highest BCUT2D eigenvalue weighted by Gasteiger charge is 2.24. The molecule has 4 aromatic rings. The van der Waals surface area contributed by atoms with Gasteiger partial charge in [-0.25, -0.2) is 18.7 Å². The Morgan fingerprint density at radius 3 is 2.69 bits per heavy atom. The van der Waals surface area contributed by atoms with Gasteiger partial charge in [-0.05, 0) is 61.4 Å². The molecule has 7 heteroatoms. The Hall–Kier alpha value is -3.45. The fraction of sp³-hybridized carbons (Fsp3) is 0.240. The first-order chi connectivity index (χ1) is 15.5. The molecule has 1 atom stereocenters. The first kappa shape index (κ1) is 20.5. The molecule has 0 radical (unpaired) electrons. The smallest absolute Gasteiger partial charge is 0.133 e. The Morgan fingerprint density at radius 1 is 1.00 bits per heavy atom. The SMILES string of the molecule is Cc1cc([C@H]2CN(c3cc(-c4ccc(F)cc4F)c4cnc(C)nc4c3)CCO2)ccn1. The summed E-state index contributed by atoms with van der Waals surface area (Å²) in [6.45, 7) is 5.68. The largest absolute Gasteiger partial charge is 0.370 e. The predicted molar refractivity (Wildman–Crippen MR) is 120 cm³/mol. The number of anilines is 1.